The lowest BCUT2D eigenvalue weighted by molar-refractivity contribution is -0.383. The molecule has 0 saturated heterocycles. The van der Waals surface area contributed by atoms with Crippen LogP contribution < -0.4 is 10.2 Å². The smallest absolute Gasteiger partial charge is 0.315 e. The maximum atomic E-state index is 11.3. The van der Waals surface area contributed by atoms with Gasteiger partial charge in [-0.15, -0.1) is 0 Å². The van der Waals surface area contributed by atoms with E-state index >= 15 is 0 Å². The Labute approximate surface area is 114 Å². The van der Waals surface area contributed by atoms with Crippen LogP contribution in [0.1, 0.15) is 6.92 Å². The third kappa shape index (κ3) is 4.10. The van der Waals surface area contributed by atoms with Crippen molar-refractivity contribution in [1.82, 2.24) is 4.90 Å². The van der Waals surface area contributed by atoms with Gasteiger partial charge >= 0.3 is 5.69 Å². The van der Waals surface area contributed by atoms with E-state index in [1.807, 2.05) is 39.0 Å². The molecule has 1 aromatic carbocycles. The number of benzene rings is 1. The Morgan fingerprint density at radius 2 is 1.95 bits per heavy atom. The number of likely N-dealkylation sites (N-methyl/N-ethyl adjacent to an activating group) is 2. The number of nitro benzene ring substituents is 1. The first-order chi connectivity index (χ1) is 8.97. The van der Waals surface area contributed by atoms with Crippen LogP contribution in [0.4, 0.5) is 17.1 Å². The van der Waals surface area contributed by atoms with Crippen LogP contribution in [-0.4, -0.2) is 50.6 Å². The fourth-order valence-electron chi connectivity index (χ4n) is 1.83. The predicted octanol–water partition coefficient (Wildman–Crippen LogP) is 2.02. The van der Waals surface area contributed by atoms with Gasteiger partial charge in [0.25, 0.3) is 0 Å². The summed E-state index contributed by atoms with van der Waals surface area (Å²) >= 11 is 0. The molecule has 0 spiro atoms. The number of hydrogen-bond donors (Lipinski definition) is 1. The molecular weight excluding hydrogens is 244 g/mol. The van der Waals surface area contributed by atoms with E-state index < -0.39 is 0 Å². The fraction of sp³-hybridized carbons (Fsp3) is 0.538. The molecule has 0 bridgehead atoms. The number of hydrogen-bond acceptors (Lipinski definition) is 5. The van der Waals surface area contributed by atoms with E-state index in [-0.39, 0.29) is 10.6 Å². The van der Waals surface area contributed by atoms with Crippen LogP contribution in [-0.2, 0) is 0 Å². The van der Waals surface area contributed by atoms with Crippen molar-refractivity contribution in [3.63, 3.8) is 0 Å². The van der Waals surface area contributed by atoms with E-state index in [0.717, 1.165) is 13.1 Å². The summed E-state index contributed by atoms with van der Waals surface area (Å²) < 4.78 is 0. The number of nitrogens with zero attached hydrogens (tertiary/aromatic N) is 3. The summed E-state index contributed by atoms with van der Waals surface area (Å²) in [7, 11) is 5.84. The topological polar surface area (TPSA) is 61.6 Å². The highest BCUT2D eigenvalue weighted by molar-refractivity contribution is 5.76. The van der Waals surface area contributed by atoms with Crippen molar-refractivity contribution in [2.24, 2.45) is 0 Å². The maximum absolute atomic E-state index is 11.3. The van der Waals surface area contributed by atoms with E-state index in [2.05, 4.69) is 10.2 Å². The monoisotopic (exact) mass is 266 g/mol. The van der Waals surface area contributed by atoms with E-state index in [1.165, 1.54) is 0 Å². The molecule has 6 heteroatoms. The van der Waals surface area contributed by atoms with Crippen molar-refractivity contribution in [3.05, 3.63) is 28.3 Å². The minimum Gasteiger partial charge on any atom is -0.380 e. The molecule has 0 aliphatic carbocycles. The second-order valence-corrected chi connectivity index (χ2v) is 4.69. The van der Waals surface area contributed by atoms with Crippen LogP contribution in [0.15, 0.2) is 18.2 Å². The first kappa shape index (κ1) is 15.2. The van der Waals surface area contributed by atoms with Gasteiger partial charge in [-0.25, -0.2) is 0 Å². The lowest BCUT2D eigenvalue weighted by atomic mass is 10.2. The highest BCUT2D eigenvalue weighted by Gasteiger charge is 2.21. The first-order valence-corrected chi connectivity index (χ1v) is 6.34. The molecule has 0 aromatic heterocycles. The molecule has 6 nitrogen and oxygen atoms in total. The average Bonchev–Trinajstić information content (AvgIpc) is 2.35. The van der Waals surface area contributed by atoms with Crippen molar-refractivity contribution < 1.29 is 4.92 Å². The maximum Gasteiger partial charge on any atom is 0.315 e. The summed E-state index contributed by atoms with van der Waals surface area (Å²) in [4.78, 5) is 14.9. The summed E-state index contributed by atoms with van der Waals surface area (Å²) in [6, 6.07) is 5.37. The second kappa shape index (κ2) is 6.94. The number of anilines is 2. The van der Waals surface area contributed by atoms with Crippen molar-refractivity contribution >= 4 is 17.1 Å². The minimum absolute atomic E-state index is 0.144. The SMILES string of the molecule is CCNc1cccc(N(C)CCN(C)C)c1[N+](=O)[O-]. The van der Waals surface area contributed by atoms with Crippen LogP contribution in [0.3, 0.4) is 0 Å². The Bertz CT molecular complexity index is 435. The number of nitrogens with one attached hydrogen (secondary N) is 1. The van der Waals surface area contributed by atoms with E-state index in [9.17, 15) is 10.1 Å². The number of nitro groups is 1. The Hall–Kier alpha value is -1.82. The second-order valence-electron chi connectivity index (χ2n) is 4.69. The molecule has 0 atom stereocenters. The summed E-state index contributed by atoms with van der Waals surface area (Å²) in [5, 5.41) is 14.3. The standard InChI is InChI=1S/C13H22N4O2/c1-5-14-11-7-6-8-12(13(11)17(18)19)16(4)10-9-15(2)3/h6-8,14H,5,9-10H2,1-4H3. The van der Waals surface area contributed by atoms with Gasteiger partial charge in [0.15, 0.2) is 0 Å². The predicted molar refractivity (Wildman–Crippen MR) is 79.1 cm³/mol. The summed E-state index contributed by atoms with van der Waals surface area (Å²) in [6.07, 6.45) is 0. The highest BCUT2D eigenvalue weighted by Crippen LogP contribution is 2.34. The normalized spacial score (nSPS) is 10.6. The molecule has 1 rings (SSSR count). The Morgan fingerprint density at radius 1 is 1.26 bits per heavy atom. The minimum atomic E-state index is -0.320. The molecule has 0 heterocycles. The zero-order chi connectivity index (χ0) is 14.4. The van der Waals surface area contributed by atoms with Gasteiger partial charge in [0.2, 0.25) is 0 Å². The van der Waals surface area contributed by atoms with Crippen molar-refractivity contribution in [3.8, 4) is 0 Å². The zero-order valence-corrected chi connectivity index (χ0v) is 12.0. The lowest BCUT2D eigenvalue weighted by Gasteiger charge is -2.22. The molecule has 0 unspecified atom stereocenters. The van der Waals surface area contributed by atoms with E-state index in [4.69, 9.17) is 0 Å². The van der Waals surface area contributed by atoms with Crippen LogP contribution in [0.5, 0.6) is 0 Å². The third-order valence-electron chi connectivity index (χ3n) is 2.86. The van der Waals surface area contributed by atoms with Crippen LogP contribution in [0, 0.1) is 10.1 Å². The molecule has 1 aromatic rings. The molecule has 1 N–H and O–H groups in total. The van der Waals surface area contributed by atoms with Crippen molar-refractivity contribution in [1.29, 1.82) is 0 Å². The summed E-state index contributed by atoms with van der Waals surface area (Å²) in [5.74, 6) is 0. The number of rotatable bonds is 7. The van der Waals surface area contributed by atoms with Crippen molar-refractivity contribution in [2.75, 3.05) is 51.0 Å². The molecule has 19 heavy (non-hydrogen) atoms. The number of para-hydroxylation sites is 1. The van der Waals surface area contributed by atoms with Gasteiger partial charge in [0, 0.05) is 26.7 Å². The van der Waals surface area contributed by atoms with Gasteiger partial charge in [-0.3, -0.25) is 10.1 Å². The molecule has 0 saturated carbocycles. The van der Waals surface area contributed by atoms with Gasteiger partial charge in [-0.1, -0.05) is 6.07 Å². The molecule has 0 radical (unpaired) electrons. The quantitative estimate of drug-likeness (QED) is 0.604. The van der Waals surface area contributed by atoms with Gasteiger partial charge in [-0.05, 0) is 33.2 Å². The third-order valence-corrected chi connectivity index (χ3v) is 2.86. The Kier molecular flexibility index (Phi) is 5.57. The highest BCUT2D eigenvalue weighted by atomic mass is 16.6. The van der Waals surface area contributed by atoms with Crippen LogP contribution in [0.25, 0.3) is 0 Å². The molecule has 0 aliphatic rings. The largest absolute Gasteiger partial charge is 0.380 e. The van der Waals surface area contributed by atoms with Gasteiger partial charge < -0.3 is 15.1 Å². The first-order valence-electron chi connectivity index (χ1n) is 6.34. The van der Waals surface area contributed by atoms with E-state index in [0.29, 0.717) is 17.9 Å². The molecule has 0 amide bonds. The Balaban J connectivity index is 3.04. The van der Waals surface area contributed by atoms with Crippen LogP contribution in [0.2, 0.25) is 0 Å². The van der Waals surface area contributed by atoms with Crippen LogP contribution >= 0.6 is 0 Å². The Morgan fingerprint density at radius 3 is 2.47 bits per heavy atom. The van der Waals surface area contributed by atoms with E-state index in [1.54, 1.807) is 12.1 Å². The van der Waals surface area contributed by atoms with Gasteiger partial charge in [0.1, 0.15) is 11.4 Å². The molecule has 0 fully saturated rings. The summed E-state index contributed by atoms with van der Waals surface area (Å²) in [5.41, 5.74) is 1.36. The molecule has 106 valence electrons. The van der Waals surface area contributed by atoms with Crippen molar-refractivity contribution in [2.45, 2.75) is 6.92 Å². The van der Waals surface area contributed by atoms with Gasteiger partial charge in [0.05, 0.1) is 4.92 Å². The zero-order valence-electron chi connectivity index (χ0n) is 12.0. The lowest BCUT2D eigenvalue weighted by Crippen LogP contribution is -2.29. The van der Waals surface area contributed by atoms with Gasteiger partial charge in [-0.2, -0.15) is 0 Å². The molecular formula is C13H22N4O2. The molecule has 0 aliphatic heterocycles. The summed E-state index contributed by atoms with van der Waals surface area (Å²) in [6.45, 7) is 4.17. The fourth-order valence-corrected chi connectivity index (χ4v) is 1.83. The average molecular weight is 266 g/mol.